The molecule has 0 N–H and O–H groups in total. The van der Waals surface area contributed by atoms with Crippen molar-refractivity contribution in [1.82, 2.24) is 0 Å². The maximum absolute atomic E-state index is 6.09. The summed E-state index contributed by atoms with van der Waals surface area (Å²) in [6.45, 7) is 7.07. The Morgan fingerprint density at radius 2 is 1.39 bits per heavy atom. The average Bonchev–Trinajstić information content (AvgIpc) is 2.27. The van der Waals surface area contributed by atoms with Gasteiger partial charge in [-0.25, -0.2) is 0 Å². The molecular formula is C16H22Cl2. The average molecular weight is 285 g/mol. The van der Waals surface area contributed by atoms with Crippen molar-refractivity contribution in [2.75, 3.05) is 0 Å². The molecule has 1 aromatic rings. The Morgan fingerprint density at radius 3 is 1.83 bits per heavy atom. The van der Waals surface area contributed by atoms with E-state index in [9.17, 15) is 0 Å². The second kappa shape index (κ2) is 5.43. The molecule has 1 fully saturated rings. The first kappa shape index (κ1) is 14.2. The summed E-state index contributed by atoms with van der Waals surface area (Å²) in [6.07, 6.45) is 5.16. The third kappa shape index (κ3) is 3.42. The van der Waals surface area contributed by atoms with Crippen LogP contribution < -0.4 is 0 Å². The second-order valence-corrected chi connectivity index (χ2v) is 7.49. The van der Waals surface area contributed by atoms with Crippen molar-refractivity contribution in [1.29, 1.82) is 0 Å². The van der Waals surface area contributed by atoms with Crippen molar-refractivity contribution in [3.63, 3.8) is 0 Å². The van der Waals surface area contributed by atoms with Crippen LogP contribution in [0.3, 0.4) is 0 Å². The van der Waals surface area contributed by atoms with Crippen LogP contribution >= 0.6 is 23.2 Å². The minimum absolute atomic E-state index is 0.441. The fourth-order valence-electron chi connectivity index (χ4n) is 3.10. The Labute approximate surface area is 121 Å². The Hall–Kier alpha value is -0.200. The Bertz CT molecular complexity index is 389. The monoisotopic (exact) mass is 284 g/mol. The quantitative estimate of drug-likeness (QED) is 0.567. The fourth-order valence-corrected chi connectivity index (χ4v) is 3.65. The maximum atomic E-state index is 6.09. The topological polar surface area (TPSA) is 0 Å². The highest BCUT2D eigenvalue weighted by molar-refractivity contribution is 6.34. The third-order valence-electron chi connectivity index (χ3n) is 4.31. The molecule has 0 saturated heterocycles. The van der Waals surface area contributed by atoms with E-state index in [2.05, 4.69) is 32.9 Å². The number of rotatable bonds is 1. The molecule has 0 heterocycles. The molecule has 0 aliphatic heterocycles. The summed E-state index contributed by atoms with van der Waals surface area (Å²) in [5.41, 5.74) is 1.76. The number of hydrogen-bond donors (Lipinski definition) is 0. The largest absolute Gasteiger partial charge is 0.0843 e. The predicted octanol–water partition coefficient (Wildman–Crippen LogP) is 6.31. The van der Waals surface area contributed by atoms with Crippen LogP contribution in [0.2, 0.25) is 10.0 Å². The van der Waals surface area contributed by atoms with Crippen molar-refractivity contribution < 1.29 is 0 Å². The van der Waals surface area contributed by atoms with Crippen LogP contribution in [-0.2, 0) is 0 Å². The summed E-state index contributed by atoms with van der Waals surface area (Å²) < 4.78 is 0. The van der Waals surface area contributed by atoms with Gasteiger partial charge >= 0.3 is 0 Å². The maximum Gasteiger partial charge on any atom is 0.0423 e. The minimum atomic E-state index is 0.441. The van der Waals surface area contributed by atoms with E-state index in [-0.39, 0.29) is 0 Å². The lowest BCUT2D eigenvalue weighted by Crippen LogP contribution is -2.25. The fraction of sp³-hybridized carbons (Fsp3) is 0.625. The van der Waals surface area contributed by atoms with Crippen LogP contribution in [0.25, 0.3) is 0 Å². The molecule has 0 bridgehead atoms. The number of hydrogen-bond acceptors (Lipinski definition) is 0. The first-order chi connectivity index (χ1) is 8.36. The lowest BCUT2D eigenvalue weighted by molar-refractivity contribution is 0.169. The van der Waals surface area contributed by atoms with Gasteiger partial charge < -0.3 is 0 Å². The summed E-state index contributed by atoms with van der Waals surface area (Å²) in [5, 5.41) is 1.52. The molecule has 0 aromatic heterocycles. The van der Waals surface area contributed by atoms with Crippen molar-refractivity contribution in [2.24, 2.45) is 11.3 Å². The van der Waals surface area contributed by atoms with Gasteiger partial charge in [0.25, 0.3) is 0 Å². The van der Waals surface area contributed by atoms with Crippen molar-refractivity contribution in [2.45, 2.75) is 52.4 Å². The molecule has 1 aliphatic rings. The zero-order chi connectivity index (χ0) is 13.3. The van der Waals surface area contributed by atoms with Crippen molar-refractivity contribution in [3.05, 3.63) is 33.8 Å². The smallest absolute Gasteiger partial charge is 0.0423 e. The SMILES string of the molecule is CC(C)(C)C1CCC(c2cc(Cl)cc(Cl)c2)CC1. The first-order valence-corrected chi connectivity index (χ1v) is 7.58. The summed E-state index contributed by atoms with van der Waals surface area (Å²) in [5.74, 6) is 1.49. The molecule has 18 heavy (non-hydrogen) atoms. The van der Waals surface area contributed by atoms with Gasteiger partial charge in [0, 0.05) is 10.0 Å². The molecule has 0 amide bonds. The van der Waals surface area contributed by atoms with Gasteiger partial charge in [-0.2, -0.15) is 0 Å². The molecule has 1 saturated carbocycles. The van der Waals surface area contributed by atoms with E-state index >= 15 is 0 Å². The summed E-state index contributed by atoms with van der Waals surface area (Å²) in [7, 11) is 0. The highest BCUT2D eigenvalue weighted by atomic mass is 35.5. The van der Waals surface area contributed by atoms with E-state index in [4.69, 9.17) is 23.2 Å². The lowest BCUT2D eigenvalue weighted by atomic mass is 9.69. The molecule has 2 heteroatoms. The Morgan fingerprint density at radius 1 is 0.889 bits per heavy atom. The number of benzene rings is 1. The normalized spacial score (nSPS) is 25.2. The minimum Gasteiger partial charge on any atom is -0.0843 e. The van der Waals surface area contributed by atoms with Gasteiger partial charge in [-0.05, 0) is 66.7 Å². The zero-order valence-corrected chi connectivity index (χ0v) is 13.0. The van der Waals surface area contributed by atoms with E-state index in [0.29, 0.717) is 11.3 Å². The molecule has 0 radical (unpaired) electrons. The van der Waals surface area contributed by atoms with Crippen LogP contribution in [0, 0.1) is 11.3 Å². The van der Waals surface area contributed by atoms with E-state index in [0.717, 1.165) is 16.0 Å². The van der Waals surface area contributed by atoms with Crippen LogP contribution in [0.15, 0.2) is 18.2 Å². The summed E-state index contributed by atoms with van der Waals surface area (Å²) in [6, 6.07) is 5.97. The van der Waals surface area contributed by atoms with Crippen molar-refractivity contribution in [3.8, 4) is 0 Å². The first-order valence-electron chi connectivity index (χ1n) is 6.82. The highest BCUT2D eigenvalue weighted by Gasteiger charge is 2.30. The molecule has 0 spiro atoms. The van der Waals surface area contributed by atoms with E-state index in [1.807, 2.05) is 6.07 Å². The van der Waals surface area contributed by atoms with Gasteiger partial charge in [0.1, 0.15) is 0 Å². The number of halogens is 2. The Kier molecular flexibility index (Phi) is 4.29. The summed E-state index contributed by atoms with van der Waals surface area (Å²) in [4.78, 5) is 0. The zero-order valence-electron chi connectivity index (χ0n) is 11.5. The van der Waals surface area contributed by atoms with E-state index in [1.165, 1.54) is 31.2 Å². The molecule has 2 rings (SSSR count). The van der Waals surface area contributed by atoms with Crippen LogP contribution in [-0.4, -0.2) is 0 Å². The molecule has 0 unspecified atom stereocenters. The molecule has 100 valence electrons. The lowest BCUT2D eigenvalue weighted by Gasteiger charge is -2.37. The van der Waals surface area contributed by atoms with Crippen LogP contribution in [0.4, 0.5) is 0 Å². The standard InChI is InChI=1S/C16H22Cl2/c1-16(2,3)13-6-4-11(5-7-13)12-8-14(17)10-15(18)9-12/h8-11,13H,4-7H2,1-3H3. The van der Waals surface area contributed by atoms with Gasteiger partial charge in [-0.15, -0.1) is 0 Å². The molecule has 1 aromatic carbocycles. The van der Waals surface area contributed by atoms with E-state index < -0.39 is 0 Å². The van der Waals surface area contributed by atoms with Gasteiger partial charge in [0.05, 0.1) is 0 Å². The second-order valence-electron chi connectivity index (χ2n) is 6.62. The predicted molar refractivity (Wildman–Crippen MR) is 80.6 cm³/mol. The van der Waals surface area contributed by atoms with E-state index in [1.54, 1.807) is 0 Å². The molecular weight excluding hydrogens is 263 g/mol. The molecule has 0 nitrogen and oxygen atoms in total. The van der Waals surface area contributed by atoms with Gasteiger partial charge in [0.2, 0.25) is 0 Å². The molecule has 0 atom stereocenters. The van der Waals surface area contributed by atoms with Crippen molar-refractivity contribution >= 4 is 23.2 Å². The third-order valence-corrected chi connectivity index (χ3v) is 4.74. The van der Waals surface area contributed by atoms with Gasteiger partial charge in [-0.3, -0.25) is 0 Å². The van der Waals surface area contributed by atoms with Gasteiger partial charge in [-0.1, -0.05) is 44.0 Å². The van der Waals surface area contributed by atoms with Crippen LogP contribution in [0.1, 0.15) is 57.9 Å². The van der Waals surface area contributed by atoms with Gasteiger partial charge in [0.15, 0.2) is 0 Å². The highest BCUT2D eigenvalue weighted by Crippen LogP contribution is 2.43. The summed E-state index contributed by atoms with van der Waals surface area (Å²) >= 11 is 12.2. The Balaban J connectivity index is 2.05. The molecule has 1 aliphatic carbocycles. The van der Waals surface area contributed by atoms with Crippen LogP contribution in [0.5, 0.6) is 0 Å².